The minimum absolute atomic E-state index is 0.0692. The van der Waals surface area contributed by atoms with Crippen LogP contribution in [0, 0.1) is 29.1 Å². The number of rotatable bonds is 1. The summed E-state index contributed by atoms with van der Waals surface area (Å²) in [5.74, 6) is -6.21. The van der Waals surface area contributed by atoms with E-state index in [0.717, 1.165) is 12.1 Å². The Kier molecular flexibility index (Phi) is 2.83. The summed E-state index contributed by atoms with van der Waals surface area (Å²) in [5, 5.41) is 0. The summed E-state index contributed by atoms with van der Waals surface area (Å²) < 4.78 is 64.3. The highest BCUT2D eigenvalue weighted by molar-refractivity contribution is 5.63. The molecule has 0 saturated heterocycles. The topological polar surface area (TPSA) is 0 Å². The zero-order valence-electron chi connectivity index (χ0n) is 8.28. The third-order valence-corrected chi connectivity index (χ3v) is 2.18. The summed E-state index contributed by atoms with van der Waals surface area (Å²) in [4.78, 5) is 0. The van der Waals surface area contributed by atoms with Crippen LogP contribution in [-0.4, -0.2) is 0 Å². The zero-order valence-corrected chi connectivity index (χ0v) is 8.28. The lowest BCUT2D eigenvalue weighted by molar-refractivity contribution is 0.447. The van der Waals surface area contributed by atoms with Gasteiger partial charge < -0.3 is 0 Å². The Morgan fingerprint density at radius 2 is 0.941 bits per heavy atom. The molecule has 2 aromatic carbocycles. The predicted octanol–water partition coefficient (Wildman–Crippen LogP) is 4.05. The van der Waals surface area contributed by atoms with Crippen LogP contribution in [0.2, 0.25) is 0 Å². The standard InChI is InChI=1S/C12H5F5/c13-8-1-6(2-9(14)5-8)7-3-10(15)12(17)11(16)4-7/h1-5H. The minimum Gasteiger partial charge on any atom is -0.207 e. The summed E-state index contributed by atoms with van der Waals surface area (Å²) in [6.45, 7) is 0. The molecule has 0 nitrogen and oxygen atoms in total. The largest absolute Gasteiger partial charge is 0.207 e. The molecule has 0 aliphatic rings. The maximum absolute atomic E-state index is 12.9. The third-order valence-electron chi connectivity index (χ3n) is 2.18. The van der Waals surface area contributed by atoms with Crippen LogP contribution < -0.4 is 0 Å². The quantitative estimate of drug-likeness (QED) is 0.524. The van der Waals surface area contributed by atoms with Crippen molar-refractivity contribution in [2.24, 2.45) is 0 Å². The molecule has 0 atom stereocenters. The molecular weight excluding hydrogens is 239 g/mol. The number of hydrogen-bond acceptors (Lipinski definition) is 0. The Morgan fingerprint density at radius 1 is 0.529 bits per heavy atom. The summed E-state index contributed by atoms with van der Waals surface area (Å²) in [5.41, 5.74) is -0.208. The smallest absolute Gasteiger partial charge is 0.194 e. The van der Waals surface area contributed by atoms with Crippen LogP contribution in [0.3, 0.4) is 0 Å². The minimum atomic E-state index is -1.62. The number of halogens is 5. The van der Waals surface area contributed by atoms with Gasteiger partial charge in [0.2, 0.25) is 0 Å². The van der Waals surface area contributed by atoms with E-state index < -0.39 is 29.1 Å². The van der Waals surface area contributed by atoms with E-state index in [9.17, 15) is 22.0 Å². The fraction of sp³-hybridized carbons (Fsp3) is 0. The lowest BCUT2D eigenvalue weighted by atomic mass is 10.0. The van der Waals surface area contributed by atoms with Crippen molar-refractivity contribution in [3.8, 4) is 11.1 Å². The molecular formula is C12H5F5. The van der Waals surface area contributed by atoms with Crippen molar-refractivity contribution < 1.29 is 22.0 Å². The lowest BCUT2D eigenvalue weighted by Gasteiger charge is -2.04. The van der Waals surface area contributed by atoms with E-state index in [1.165, 1.54) is 0 Å². The number of benzene rings is 2. The first kappa shape index (κ1) is 11.6. The van der Waals surface area contributed by atoms with Gasteiger partial charge in [-0.2, -0.15) is 0 Å². The molecule has 0 aliphatic heterocycles. The highest BCUT2D eigenvalue weighted by atomic mass is 19.2. The van der Waals surface area contributed by atoms with E-state index in [1.807, 2.05) is 0 Å². The van der Waals surface area contributed by atoms with Crippen LogP contribution >= 0.6 is 0 Å². The predicted molar refractivity (Wildman–Crippen MR) is 51.7 cm³/mol. The van der Waals surface area contributed by atoms with Gasteiger partial charge in [-0.3, -0.25) is 0 Å². The Balaban J connectivity index is 2.60. The summed E-state index contributed by atoms with van der Waals surface area (Å²) in [6, 6.07) is 3.77. The van der Waals surface area contributed by atoms with Crippen LogP contribution in [0.4, 0.5) is 22.0 Å². The van der Waals surface area contributed by atoms with Gasteiger partial charge in [-0.05, 0) is 35.4 Å². The van der Waals surface area contributed by atoms with Gasteiger partial charge in [-0.25, -0.2) is 22.0 Å². The molecule has 0 N–H and O–H groups in total. The average molecular weight is 244 g/mol. The van der Waals surface area contributed by atoms with Gasteiger partial charge in [0.25, 0.3) is 0 Å². The maximum atomic E-state index is 12.9. The van der Waals surface area contributed by atoms with Crippen LogP contribution in [-0.2, 0) is 0 Å². The third kappa shape index (κ3) is 2.27. The summed E-state index contributed by atoms with van der Waals surface area (Å²) in [6.07, 6.45) is 0. The molecule has 0 spiro atoms. The van der Waals surface area contributed by atoms with Gasteiger partial charge in [0, 0.05) is 6.07 Å². The number of hydrogen-bond donors (Lipinski definition) is 0. The van der Waals surface area contributed by atoms with E-state index in [4.69, 9.17) is 0 Å². The second-order valence-corrected chi connectivity index (χ2v) is 3.41. The van der Waals surface area contributed by atoms with Crippen molar-refractivity contribution in [3.05, 3.63) is 59.4 Å². The fourth-order valence-electron chi connectivity index (χ4n) is 1.44. The molecule has 2 aromatic rings. The van der Waals surface area contributed by atoms with E-state index in [1.54, 1.807) is 0 Å². The molecule has 0 fully saturated rings. The SMILES string of the molecule is Fc1cc(F)cc(-c2cc(F)c(F)c(F)c2)c1. The monoisotopic (exact) mass is 244 g/mol. The highest BCUT2D eigenvalue weighted by Crippen LogP contribution is 2.25. The summed E-state index contributed by atoms with van der Waals surface area (Å²) in [7, 11) is 0. The van der Waals surface area contributed by atoms with Gasteiger partial charge in [0.1, 0.15) is 11.6 Å². The fourth-order valence-corrected chi connectivity index (χ4v) is 1.44. The molecule has 2 rings (SSSR count). The van der Waals surface area contributed by atoms with Crippen molar-refractivity contribution >= 4 is 0 Å². The van der Waals surface area contributed by atoms with Crippen LogP contribution in [0.15, 0.2) is 30.3 Å². The molecule has 0 unspecified atom stereocenters. The van der Waals surface area contributed by atoms with Crippen molar-refractivity contribution in [1.82, 2.24) is 0 Å². The van der Waals surface area contributed by atoms with Crippen LogP contribution in [0.5, 0.6) is 0 Å². The molecule has 0 saturated carbocycles. The molecule has 88 valence electrons. The molecule has 0 aromatic heterocycles. The van der Waals surface area contributed by atoms with Crippen LogP contribution in [0.25, 0.3) is 11.1 Å². The first-order valence-corrected chi connectivity index (χ1v) is 4.58. The van der Waals surface area contributed by atoms with Crippen LogP contribution in [0.1, 0.15) is 0 Å². The molecule has 0 radical (unpaired) electrons. The first-order chi connectivity index (χ1) is 7.97. The molecule has 0 bridgehead atoms. The van der Waals surface area contributed by atoms with Gasteiger partial charge in [-0.1, -0.05) is 0 Å². The Morgan fingerprint density at radius 3 is 1.41 bits per heavy atom. The van der Waals surface area contributed by atoms with E-state index in [0.29, 0.717) is 18.2 Å². The maximum Gasteiger partial charge on any atom is 0.194 e. The van der Waals surface area contributed by atoms with Gasteiger partial charge in [-0.15, -0.1) is 0 Å². The lowest BCUT2D eigenvalue weighted by Crippen LogP contribution is -1.92. The Bertz CT molecular complexity index is 534. The average Bonchev–Trinajstić information content (AvgIpc) is 2.23. The van der Waals surface area contributed by atoms with Crippen molar-refractivity contribution in [2.45, 2.75) is 0 Å². The second kappa shape index (κ2) is 4.16. The molecule has 17 heavy (non-hydrogen) atoms. The van der Waals surface area contributed by atoms with E-state index in [2.05, 4.69) is 0 Å². The molecule has 0 aliphatic carbocycles. The van der Waals surface area contributed by atoms with Gasteiger partial charge >= 0.3 is 0 Å². The van der Waals surface area contributed by atoms with Crippen molar-refractivity contribution in [3.63, 3.8) is 0 Å². The molecule has 0 heterocycles. The zero-order chi connectivity index (χ0) is 12.6. The second-order valence-electron chi connectivity index (χ2n) is 3.41. The Hall–Kier alpha value is -1.91. The highest BCUT2D eigenvalue weighted by Gasteiger charge is 2.12. The van der Waals surface area contributed by atoms with Crippen molar-refractivity contribution in [2.75, 3.05) is 0 Å². The molecule has 5 heteroatoms. The molecule has 0 amide bonds. The van der Waals surface area contributed by atoms with E-state index in [-0.39, 0.29) is 11.1 Å². The summed E-state index contributed by atoms with van der Waals surface area (Å²) >= 11 is 0. The Labute approximate surface area is 93.3 Å². The van der Waals surface area contributed by atoms with Gasteiger partial charge in [0.15, 0.2) is 17.5 Å². The first-order valence-electron chi connectivity index (χ1n) is 4.58. The van der Waals surface area contributed by atoms with Crippen molar-refractivity contribution in [1.29, 1.82) is 0 Å². The van der Waals surface area contributed by atoms with E-state index >= 15 is 0 Å². The van der Waals surface area contributed by atoms with Gasteiger partial charge in [0.05, 0.1) is 0 Å². The normalized spacial score (nSPS) is 10.6.